The van der Waals surface area contributed by atoms with Crippen molar-refractivity contribution in [1.29, 1.82) is 0 Å². The van der Waals surface area contributed by atoms with E-state index in [0.717, 1.165) is 11.1 Å². The van der Waals surface area contributed by atoms with Crippen LogP contribution in [0.2, 0.25) is 0 Å². The Labute approximate surface area is 168 Å². The van der Waals surface area contributed by atoms with Crippen LogP contribution in [0.5, 0.6) is 11.5 Å². The molecule has 148 valence electrons. The van der Waals surface area contributed by atoms with E-state index in [4.69, 9.17) is 21.7 Å². The van der Waals surface area contributed by atoms with E-state index >= 15 is 0 Å². The highest BCUT2D eigenvalue weighted by Gasteiger charge is 2.22. The first-order valence-corrected chi connectivity index (χ1v) is 8.97. The van der Waals surface area contributed by atoms with E-state index in [0.29, 0.717) is 17.2 Å². The molecule has 9 heteroatoms. The Morgan fingerprint density at radius 3 is 2.79 bits per heavy atom. The molecule has 0 aliphatic heterocycles. The van der Waals surface area contributed by atoms with Crippen LogP contribution in [0.15, 0.2) is 41.5 Å². The van der Waals surface area contributed by atoms with Crippen molar-refractivity contribution in [2.75, 3.05) is 13.7 Å². The number of hydrazone groups is 1. The number of ether oxygens (including phenoxy) is 2. The van der Waals surface area contributed by atoms with Crippen LogP contribution in [0.1, 0.15) is 23.6 Å². The predicted molar refractivity (Wildman–Crippen MR) is 112 cm³/mol. The number of nitro groups is 1. The number of hydrogen-bond acceptors (Lipinski definition) is 6. The fraction of sp³-hybridized carbons (Fsp3) is 0.263. The molecule has 0 saturated heterocycles. The summed E-state index contributed by atoms with van der Waals surface area (Å²) < 4.78 is 11.0. The molecule has 8 nitrogen and oxygen atoms in total. The molecule has 0 aliphatic rings. The topological polar surface area (TPSA) is 98.0 Å². The normalized spacial score (nSPS) is 10.5. The molecule has 0 bridgehead atoms. The Kier molecular flexibility index (Phi) is 7.70. The molecular weight excluding hydrogens is 380 g/mol. The van der Waals surface area contributed by atoms with Gasteiger partial charge in [0.15, 0.2) is 10.9 Å². The molecule has 2 rings (SSSR count). The molecule has 2 N–H and O–H groups in total. The quantitative estimate of drug-likeness (QED) is 0.302. The van der Waals surface area contributed by atoms with E-state index in [9.17, 15) is 10.1 Å². The molecule has 0 aliphatic carbocycles. The van der Waals surface area contributed by atoms with Crippen molar-refractivity contribution in [2.45, 2.75) is 20.5 Å². The second kappa shape index (κ2) is 10.2. The minimum absolute atomic E-state index is 0.0716. The van der Waals surface area contributed by atoms with Crippen molar-refractivity contribution in [3.05, 3.63) is 63.2 Å². The molecule has 2 aromatic rings. The number of hydrogen-bond donors (Lipinski definition) is 2. The minimum atomic E-state index is -0.512. The number of nitrogens with one attached hydrogen (secondary N) is 2. The fourth-order valence-electron chi connectivity index (χ4n) is 2.44. The molecule has 2 aromatic carbocycles. The Hall–Kier alpha value is -3.20. The van der Waals surface area contributed by atoms with Gasteiger partial charge in [-0.25, -0.2) is 0 Å². The van der Waals surface area contributed by atoms with E-state index in [-0.39, 0.29) is 23.8 Å². The summed E-state index contributed by atoms with van der Waals surface area (Å²) in [6.07, 6.45) is 1.42. The van der Waals surface area contributed by atoms with Gasteiger partial charge in [-0.1, -0.05) is 29.8 Å². The zero-order valence-corrected chi connectivity index (χ0v) is 16.7. The number of nitro benzene ring substituents is 1. The summed E-state index contributed by atoms with van der Waals surface area (Å²) in [4.78, 5) is 11.0. The highest BCUT2D eigenvalue weighted by atomic mass is 32.1. The van der Waals surface area contributed by atoms with Gasteiger partial charge in [0, 0.05) is 18.2 Å². The molecular formula is C19H22N4O4S. The lowest BCUT2D eigenvalue weighted by atomic mass is 10.1. The van der Waals surface area contributed by atoms with E-state index in [1.807, 2.05) is 38.1 Å². The molecule has 0 atom stereocenters. The molecule has 0 saturated carbocycles. The number of methoxy groups -OCH3 is 1. The van der Waals surface area contributed by atoms with Crippen molar-refractivity contribution >= 4 is 29.2 Å². The predicted octanol–water partition coefficient (Wildman–Crippen LogP) is 3.31. The second-order valence-electron chi connectivity index (χ2n) is 5.84. The van der Waals surface area contributed by atoms with Crippen LogP contribution in [0.25, 0.3) is 0 Å². The Bertz CT molecular complexity index is 886. The van der Waals surface area contributed by atoms with Crippen molar-refractivity contribution in [3.8, 4) is 11.5 Å². The van der Waals surface area contributed by atoms with Gasteiger partial charge in [0.2, 0.25) is 5.75 Å². The van der Waals surface area contributed by atoms with Gasteiger partial charge in [-0.3, -0.25) is 15.5 Å². The van der Waals surface area contributed by atoms with Gasteiger partial charge in [0.1, 0.15) is 6.61 Å². The lowest BCUT2D eigenvalue weighted by Gasteiger charge is -2.12. The third-order valence-corrected chi connectivity index (χ3v) is 3.89. The van der Waals surface area contributed by atoms with Crippen LogP contribution in [-0.2, 0) is 6.61 Å². The van der Waals surface area contributed by atoms with Crippen molar-refractivity contribution in [1.82, 2.24) is 10.7 Å². The molecule has 0 amide bonds. The SMILES string of the molecule is CCNC(=S)N/N=C/c1cc(OC)c(OCc2cccc(C)c2)c([N+](=O)[O-])c1. The van der Waals surface area contributed by atoms with Crippen LogP contribution in [0, 0.1) is 17.0 Å². The molecule has 0 radical (unpaired) electrons. The summed E-state index contributed by atoms with van der Waals surface area (Å²) in [5, 5.41) is 18.8. The second-order valence-corrected chi connectivity index (χ2v) is 6.24. The van der Waals surface area contributed by atoms with Crippen LogP contribution in [-0.4, -0.2) is 29.9 Å². The van der Waals surface area contributed by atoms with Crippen molar-refractivity contribution in [3.63, 3.8) is 0 Å². The maximum atomic E-state index is 11.6. The van der Waals surface area contributed by atoms with Gasteiger partial charge < -0.3 is 14.8 Å². The maximum Gasteiger partial charge on any atom is 0.315 e. The van der Waals surface area contributed by atoms with E-state index in [1.165, 1.54) is 19.4 Å². The monoisotopic (exact) mass is 402 g/mol. The van der Waals surface area contributed by atoms with Gasteiger partial charge in [0.25, 0.3) is 0 Å². The highest BCUT2D eigenvalue weighted by molar-refractivity contribution is 7.80. The molecule has 0 spiro atoms. The number of thiocarbonyl (C=S) groups is 1. The summed E-state index contributed by atoms with van der Waals surface area (Å²) in [7, 11) is 1.43. The first kappa shape index (κ1) is 21.1. The first-order chi connectivity index (χ1) is 13.4. The third-order valence-electron chi connectivity index (χ3n) is 3.66. The number of benzene rings is 2. The van der Waals surface area contributed by atoms with E-state index in [2.05, 4.69) is 15.8 Å². The summed E-state index contributed by atoms with van der Waals surface area (Å²) in [5.74, 6) is 0.319. The molecule has 0 heterocycles. The molecule has 0 unspecified atom stereocenters. The summed E-state index contributed by atoms with van der Waals surface area (Å²) in [6, 6.07) is 10.7. The lowest BCUT2D eigenvalue weighted by molar-refractivity contribution is -0.386. The highest BCUT2D eigenvalue weighted by Crippen LogP contribution is 2.38. The number of rotatable bonds is 8. The Morgan fingerprint density at radius 1 is 1.36 bits per heavy atom. The van der Waals surface area contributed by atoms with Gasteiger partial charge in [-0.05, 0) is 37.7 Å². The number of nitrogens with zero attached hydrogens (tertiary/aromatic N) is 2. The van der Waals surface area contributed by atoms with Crippen LogP contribution >= 0.6 is 12.2 Å². The average Bonchev–Trinajstić information content (AvgIpc) is 2.66. The Morgan fingerprint density at radius 2 is 2.14 bits per heavy atom. The summed E-state index contributed by atoms with van der Waals surface area (Å²) in [6.45, 7) is 4.72. The van der Waals surface area contributed by atoms with Gasteiger partial charge in [-0.15, -0.1) is 0 Å². The largest absolute Gasteiger partial charge is 0.493 e. The minimum Gasteiger partial charge on any atom is -0.493 e. The van der Waals surface area contributed by atoms with Crippen LogP contribution in [0.4, 0.5) is 5.69 Å². The third kappa shape index (κ3) is 5.92. The van der Waals surface area contributed by atoms with Gasteiger partial charge >= 0.3 is 5.69 Å². The van der Waals surface area contributed by atoms with Crippen LogP contribution in [0.3, 0.4) is 0 Å². The van der Waals surface area contributed by atoms with E-state index < -0.39 is 4.92 Å². The van der Waals surface area contributed by atoms with Gasteiger partial charge in [0.05, 0.1) is 18.2 Å². The zero-order valence-electron chi connectivity index (χ0n) is 15.9. The maximum absolute atomic E-state index is 11.6. The zero-order chi connectivity index (χ0) is 20.5. The summed E-state index contributed by atoms with van der Waals surface area (Å²) in [5.41, 5.74) is 4.88. The fourth-order valence-corrected chi connectivity index (χ4v) is 2.64. The molecule has 0 fully saturated rings. The smallest absolute Gasteiger partial charge is 0.315 e. The summed E-state index contributed by atoms with van der Waals surface area (Å²) >= 11 is 5.01. The Balaban J connectivity index is 2.26. The molecule has 28 heavy (non-hydrogen) atoms. The first-order valence-electron chi connectivity index (χ1n) is 8.56. The standard InChI is InChI=1S/C19H22N4O4S/c1-4-20-19(28)22-21-11-15-9-16(23(24)25)18(17(10-15)26-3)27-12-14-7-5-6-13(2)8-14/h5-11H,4,12H2,1-3H3,(H2,20,22,28)/b21-11+. The average molecular weight is 402 g/mol. The van der Waals surface area contributed by atoms with Crippen molar-refractivity contribution < 1.29 is 14.4 Å². The van der Waals surface area contributed by atoms with Crippen LogP contribution < -0.4 is 20.2 Å². The van der Waals surface area contributed by atoms with Crippen molar-refractivity contribution in [2.24, 2.45) is 5.10 Å². The van der Waals surface area contributed by atoms with E-state index in [1.54, 1.807) is 6.07 Å². The number of aryl methyl sites for hydroxylation is 1. The van der Waals surface area contributed by atoms with Gasteiger partial charge in [-0.2, -0.15) is 5.10 Å². The molecule has 0 aromatic heterocycles. The lowest BCUT2D eigenvalue weighted by Crippen LogP contribution is -2.31.